The molecule has 0 spiro atoms. The standard InChI is InChI=1S/C13H16O2/c1-3-12(14)11-7-9(11)10-6-8(2)4-5-13(10)15/h4-6,9,11,15H,3,7H2,1-2H3. The van der Waals surface area contributed by atoms with Crippen LogP contribution in [-0.2, 0) is 4.79 Å². The van der Waals surface area contributed by atoms with Crippen molar-refractivity contribution in [3.63, 3.8) is 0 Å². The average Bonchev–Trinajstić information content (AvgIpc) is 3.00. The van der Waals surface area contributed by atoms with Crippen molar-refractivity contribution in [2.24, 2.45) is 5.92 Å². The van der Waals surface area contributed by atoms with Gasteiger partial charge in [-0.15, -0.1) is 0 Å². The number of rotatable bonds is 3. The summed E-state index contributed by atoms with van der Waals surface area (Å²) in [6, 6.07) is 5.59. The Morgan fingerprint density at radius 3 is 2.93 bits per heavy atom. The van der Waals surface area contributed by atoms with E-state index in [1.165, 1.54) is 0 Å². The second kappa shape index (κ2) is 3.69. The second-order valence-electron chi connectivity index (χ2n) is 4.33. The molecule has 1 N–H and O–H groups in total. The van der Waals surface area contributed by atoms with Gasteiger partial charge in [0.05, 0.1) is 0 Å². The summed E-state index contributed by atoms with van der Waals surface area (Å²) in [4.78, 5) is 11.5. The maximum Gasteiger partial charge on any atom is 0.136 e. The fraction of sp³-hybridized carbons (Fsp3) is 0.462. The lowest BCUT2D eigenvalue weighted by Crippen LogP contribution is -1.99. The quantitative estimate of drug-likeness (QED) is 0.822. The van der Waals surface area contributed by atoms with E-state index in [2.05, 4.69) is 0 Å². The summed E-state index contributed by atoms with van der Waals surface area (Å²) in [5.41, 5.74) is 2.08. The number of phenolic OH excluding ortho intramolecular Hbond substituents is 1. The molecule has 1 aromatic rings. The molecule has 2 rings (SSSR count). The number of aromatic hydroxyl groups is 1. The van der Waals surface area contributed by atoms with Crippen LogP contribution in [0.5, 0.6) is 5.75 Å². The SMILES string of the molecule is CCC(=O)C1CC1c1cc(C)ccc1O. The molecule has 0 heterocycles. The van der Waals surface area contributed by atoms with Crippen LogP contribution in [0.25, 0.3) is 0 Å². The van der Waals surface area contributed by atoms with Gasteiger partial charge in [0, 0.05) is 12.3 Å². The van der Waals surface area contributed by atoms with Crippen molar-refractivity contribution in [1.82, 2.24) is 0 Å². The van der Waals surface area contributed by atoms with Crippen LogP contribution in [-0.4, -0.2) is 10.9 Å². The van der Waals surface area contributed by atoms with Gasteiger partial charge < -0.3 is 5.11 Å². The topological polar surface area (TPSA) is 37.3 Å². The number of aryl methyl sites for hydroxylation is 1. The average molecular weight is 204 g/mol. The molecule has 1 saturated carbocycles. The number of benzene rings is 1. The number of ketones is 1. The smallest absolute Gasteiger partial charge is 0.136 e. The highest BCUT2D eigenvalue weighted by atomic mass is 16.3. The first-order chi connectivity index (χ1) is 7.13. The van der Waals surface area contributed by atoms with Crippen molar-refractivity contribution in [3.8, 4) is 5.75 Å². The summed E-state index contributed by atoms with van der Waals surface area (Å²) in [6.45, 7) is 3.90. The molecule has 1 aliphatic rings. The lowest BCUT2D eigenvalue weighted by atomic mass is 10.0. The monoisotopic (exact) mass is 204 g/mol. The highest BCUT2D eigenvalue weighted by Crippen LogP contribution is 2.51. The Balaban J connectivity index is 2.19. The predicted molar refractivity (Wildman–Crippen MR) is 59.0 cm³/mol. The van der Waals surface area contributed by atoms with Gasteiger partial charge in [-0.2, -0.15) is 0 Å². The molecule has 1 aromatic carbocycles. The summed E-state index contributed by atoms with van der Waals surface area (Å²) in [5.74, 6) is 1.07. The Morgan fingerprint density at radius 2 is 2.27 bits per heavy atom. The Morgan fingerprint density at radius 1 is 1.53 bits per heavy atom. The van der Waals surface area contributed by atoms with Crippen LogP contribution in [0.15, 0.2) is 18.2 Å². The van der Waals surface area contributed by atoms with E-state index in [9.17, 15) is 9.90 Å². The zero-order valence-corrected chi connectivity index (χ0v) is 9.16. The van der Waals surface area contributed by atoms with Crippen molar-refractivity contribution in [1.29, 1.82) is 0 Å². The number of carbonyl (C=O) groups is 1. The molecule has 0 saturated heterocycles. The van der Waals surface area contributed by atoms with Gasteiger partial charge in [-0.3, -0.25) is 4.79 Å². The van der Waals surface area contributed by atoms with E-state index in [-0.39, 0.29) is 11.8 Å². The van der Waals surface area contributed by atoms with Crippen LogP contribution in [0.4, 0.5) is 0 Å². The summed E-state index contributed by atoms with van der Waals surface area (Å²) >= 11 is 0. The zero-order valence-electron chi connectivity index (χ0n) is 9.16. The predicted octanol–water partition coefficient (Wildman–Crippen LogP) is 2.78. The third-order valence-electron chi connectivity index (χ3n) is 3.13. The van der Waals surface area contributed by atoms with Crippen LogP contribution in [0, 0.1) is 12.8 Å². The van der Waals surface area contributed by atoms with Crippen LogP contribution >= 0.6 is 0 Å². The van der Waals surface area contributed by atoms with Crippen LogP contribution in [0.1, 0.15) is 36.8 Å². The number of phenols is 1. The Labute approximate surface area is 89.9 Å². The van der Waals surface area contributed by atoms with Gasteiger partial charge in [0.25, 0.3) is 0 Å². The minimum Gasteiger partial charge on any atom is -0.508 e. The molecule has 2 unspecified atom stereocenters. The number of hydrogen-bond donors (Lipinski definition) is 1. The van der Waals surface area contributed by atoms with Gasteiger partial charge in [0.1, 0.15) is 11.5 Å². The Bertz CT molecular complexity index is 396. The minimum atomic E-state index is 0.155. The van der Waals surface area contributed by atoms with Crippen LogP contribution < -0.4 is 0 Å². The normalized spacial score (nSPS) is 23.9. The molecule has 80 valence electrons. The molecule has 0 aliphatic heterocycles. The summed E-state index contributed by atoms with van der Waals surface area (Å²) in [7, 11) is 0. The molecule has 1 aliphatic carbocycles. The maximum absolute atomic E-state index is 11.5. The molecule has 1 fully saturated rings. The highest BCUT2D eigenvalue weighted by molar-refractivity contribution is 5.84. The largest absolute Gasteiger partial charge is 0.508 e. The molecule has 15 heavy (non-hydrogen) atoms. The van der Waals surface area contributed by atoms with Gasteiger partial charge in [0.15, 0.2) is 0 Å². The van der Waals surface area contributed by atoms with Crippen molar-refractivity contribution < 1.29 is 9.90 Å². The van der Waals surface area contributed by atoms with Gasteiger partial charge in [0.2, 0.25) is 0 Å². The zero-order chi connectivity index (χ0) is 11.0. The number of hydrogen-bond acceptors (Lipinski definition) is 2. The number of Topliss-reactive ketones (excluding diaryl/α,β-unsaturated/α-hetero) is 1. The molecule has 2 nitrogen and oxygen atoms in total. The van der Waals surface area contributed by atoms with Crippen LogP contribution in [0.3, 0.4) is 0 Å². The van der Waals surface area contributed by atoms with Crippen molar-refractivity contribution in [2.75, 3.05) is 0 Å². The summed E-state index contributed by atoms with van der Waals surface area (Å²) in [5, 5.41) is 9.71. The van der Waals surface area contributed by atoms with Crippen molar-refractivity contribution in [3.05, 3.63) is 29.3 Å². The third kappa shape index (κ3) is 1.89. The lowest BCUT2D eigenvalue weighted by molar-refractivity contribution is -0.120. The maximum atomic E-state index is 11.5. The lowest BCUT2D eigenvalue weighted by Gasteiger charge is -2.04. The van der Waals surface area contributed by atoms with E-state index in [1.54, 1.807) is 6.07 Å². The minimum absolute atomic E-state index is 0.155. The van der Waals surface area contributed by atoms with Gasteiger partial charge in [-0.1, -0.05) is 24.6 Å². The van der Waals surface area contributed by atoms with E-state index in [1.807, 2.05) is 26.0 Å². The fourth-order valence-electron chi connectivity index (χ4n) is 2.13. The first-order valence-corrected chi connectivity index (χ1v) is 5.45. The highest BCUT2D eigenvalue weighted by Gasteiger charge is 2.43. The molecule has 2 heteroatoms. The Kier molecular flexibility index (Phi) is 2.51. The first-order valence-electron chi connectivity index (χ1n) is 5.45. The molecular formula is C13H16O2. The summed E-state index contributed by atoms with van der Waals surface area (Å²) in [6.07, 6.45) is 1.51. The van der Waals surface area contributed by atoms with E-state index < -0.39 is 0 Å². The number of carbonyl (C=O) groups excluding carboxylic acids is 1. The molecule has 0 bridgehead atoms. The molecule has 0 radical (unpaired) electrons. The van der Waals surface area contributed by atoms with E-state index in [0.717, 1.165) is 17.5 Å². The van der Waals surface area contributed by atoms with Gasteiger partial charge >= 0.3 is 0 Å². The Hall–Kier alpha value is -1.31. The van der Waals surface area contributed by atoms with Gasteiger partial charge in [-0.25, -0.2) is 0 Å². The third-order valence-corrected chi connectivity index (χ3v) is 3.13. The van der Waals surface area contributed by atoms with Crippen molar-refractivity contribution >= 4 is 5.78 Å². The van der Waals surface area contributed by atoms with E-state index >= 15 is 0 Å². The van der Waals surface area contributed by atoms with Crippen LogP contribution in [0.2, 0.25) is 0 Å². The first kappa shape index (κ1) is 10.2. The summed E-state index contributed by atoms with van der Waals surface area (Å²) < 4.78 is 0. The van der Waals surface area contributed by atoms with E-state index in [0.29, 0.717) is 18.0 Å². The fourth-order valence-corrected chi connectivity index (χ4v) is 2.13. The molecule has 0 aromatic heterocycles. The molecular weight excluding hydrogens is 188 g/mol. The molecule has 2 atom stereocenters. The van der Waals surface area contributed by atoms with E-state index in [4.69, 9.17) is 0 Å². The second-order valence-corrected chi connectivity index (χ2v) is 4.33. The molecule has 0 amide bonds. The van der Waals surface area contributed by atoms with Gasteiger partial charge in [-0.05, 0) is 30.9 Å². The van der Waals surface area contributed by atoms with Crippen molar-refractivity contribution in [2.45, 2.75) is 32.6 Å².